The molecule has 2 aromatic rings. The van der Waals surface area contributed by atoms with Crippen molar-refractivity contribution in [1.29, 1.82) is 0 Å². The van der Waals surface area contributed by atoms with Crippen molar-refractivity contribution < 1.29 is 14.3 Å². The second kappa shape index (κ2) is 11.9. The average Bonchev–Trinajstić information content (AvgIpc) is 3.57. The third kappa shape index (κ3) is 6.44. The Hall–Kier alpha value is -2.57. The number of likely N-dealkylation sites (tertiary alicyclic amines) is 3. The zero-order valence-corrected chi connectivity index (χ0v) is 23.9. The molecular formula is C32H42ClN3O3. The molecule has 0 bridgehead atoms. The van der Waals surface area contributed by atoms with Gasteiger partial charge in [-0.15, -0.1) is 12.4 Å². The van der Waals surface area contributed by atoms with Gasteiger partial charge in [0.1, 0.15) is 5.75 Å². The summed E-state index contributed by atoms with van der Waals surface area (Å²) in [5.41, 5.74) is 2.63. The number of hydrogen-bond donors (Lipinski definition) is 0. The Balaban J connectivity index is 0.00000308. The van der Waals surface area contributed by atoms with E-state index in [9.17, 15) is 9.59 Å². The van der Waals surface area contributed by atoms with Crippen LogP contribution in [0.5, 0.6) is 5.75 Å². The molecule has 0 aromatic heterocycles. The van der Waals surface area contributed by atoms with Crippen LogP contribution in [0.15, 0.2) is 54.6 Å². The van der Waals surface area contributed by atoms with Crippen LogP contribution >= 0.6 is 12.4 Å². The third-order valence-corrected chi connectivity index (χ3v) is 9.53. The Morgan fingerprint density at radius 3 is 2.38 bits per heavy atom. The van der Waals surface area contributed by atoms with Crippen LogP contribution in [-0.2, 0) is 16.1 Å². The molecule has 3 heterocycles. The summed E-state index contributed by atoms with van der Waals surface area (Å²) >= 11 is 0. The minimum absolute atomic E-state index is 0. The molecule has 210 valence electrons. The van der Waals surface area contributed by atoms with E-state index in [1.165, 1.54) is 18.4 Å². The molecule has 4 aliphatic rings. The van der Waals surface area contributed by atoms with Gasteiger partial charge in [-0.05, 0) is 79.3 Å². The highest BCUT2D eigenvalue weighted by molar-refractivity contribution is 5.85. The molecule has 4 fully saturated rings. The fraction of sp³-hybridized carbons (Fsp3) is 0.562. The van der Waals surface area contributed by atoms with Crippen LogP contribution in [-0.4, -0.2) is 72.9 Å². The Bertz CT molecular complexity index is 1130. The third-order valence-electron chi connectivity index (χ3n) is 9.53. The van der Waals surface area contributed by atoms with E-state index < -0.39 is 0 Å². The van der Waals surface area contributed by atoms with Crippen molar-refractivity contribution in [2.24, 2.45) is 17.3 Å². The minimum Gasteiger partial charge on any atom is -0.497 e. The van der Waals surface area contributed by atoms with Gasteiger partial charge in [-0.2, -0.15) is 0 Å². The SMILES string of the molecule is COc1ccc(CN2CC3(CCN(CC4CN(C(=O)CC5CC5)CC4c4ccccc4)CC3)CC2=O)cc1.Cl. The van der Waals surface area contributed by atoms with Crippen molar-refractivity contribution in [1.82, 2.24) is 14.7 Å². The Morgan fingerprint density at radius 2 is 1.72 bits per heavy atom. The van der Waals surface area contributed by atoms with Crippen LogP contribution in [0.1, 0.15) is 55.6 Å². The molecule has 1 saturated carbocycles. The van der Waals surface area contributed by atoms with Gasteiger partial charge in [-0.3, -0.25) is 9.59 Å². The first-order valence-corrected chi connectivity index (χ1v) is 14.5. The van der Waals surface area contributed by atoms with Gasteiger partial charge in [0.2, 0.25) is 11.8 Å². The summed E-state index contributed by atoms with van der Waals surface area (Å²) in [5.74, 6) is 2.99. The van der Waals surface area contributed by atoms with E-state index in [4.69, 9.17) is 4.74 Å². The lowest BCUT2D eigenvalue weighted by Gasteiger charge is -2.40. The molecular weight excluding hydrogens is 510 g/mol. The number of amides is 2. The van der Waals surface area contributed by atoms with Crippen molar-refractivity contribution >= 4 is 24.2 Å². The van der Waals surface area contributed by atoms with Gasteiger partial charge in [0.25, 0.3) is 0 Å². The number of methoxy groups -OCH3 is 1. The average molecular weight is 552 g/mol. The van der Waals surface area contributed by atoms with Crippen LogP contribution in [0, 0.1) is 17.3 Å². The van der Waals surface area contributed by atoms with E-state index in [-0.39, 0.29) is 17.8 Å². The number of piperidine rings is 1. The normalized spacial score (nSPS) is 24.7. The zero-order chi connectivity index (χ0) is 26.1. The highest BCUT2D eigenvalue weighted by Crippen LogP contribution is 2.43. The van der Waals surface area contributed by atoms with E-state index in [0.717, 1.165) is 69.8 Å². The minimum atomic E-state index is 0. The molecule has 2 unspecified atom stereocenters. The van der Waals surface area contributed by atoms with E-state index >= 15 is 0 Å². The highest BCUT2D eigenvalue weighted by atomic mass is 35.5. The quantitative estimate of drug-likeness (QED) is 0.465. The summed E-state index contributed by atoms with van der Waals surface area (Å²) in [6.07, 6.45) is 6.01. The fourth-order valence-corrected chi connectivity index (χ4v) is 6.99. The van der Waals surface area contributed by atoms with Crippen LogP contribution in [0.2, 0.25) is 0 Å². The maximum absolute atomic E-state index is 13.0. The largest absolute Gasteiger partial charge is 0.497 e. The second-order valence-corrected chi connectivity index (χ2v) is 12.3. The van der Waals surface area contributed by atoms with E-state index in [0.29, 0.717) is 42.5 Å². The van der Waals surface area contributed by atoms with Crippen LogP contribution in [0.3, 0.4) is 0 Å². The first-order chi connectivity index (χ1) is 18.5. The first-order valence-electron chi connectivity index (χ1n) is 14.5. The van der Waals surface area contributed by atoms with E-state index in [2.05, 4.69) is 57.2 Å². The van der Waals surface area contributed by atoms with Crippen molar-refractivity contribution in [2.75, 3.05) is 46.4 Å². The number of nitrogens with zero attached hydrogens (tertiary/aromatic N) is 3. The lowest BCUT2D eigenvalue weighted by Crippen LogP contribution is -2.44. The summed E-state index contributed by atoms with van der Waals surface area (Å²) in [6, 6.07) is 18.9. The van der Waals surface area contributed by atoms with Crippen LogP contribution in [0.25, 0.3) is 0 Å². The van der Waals surface area contributed by atoms with Crippen LogP contribution in [0.4, 0.5) is 0 Å². The monoisotopic (exact) mass is 551 g/mol. The van der Waals surface area contributed by atoms with Gasteiger partial charge < -0.3 is 19.4 Å². The number of ether oxygens (including phenoxy) is 1. The lowest BCUT2D eigenvalue weighted by molar-refractivity contribution is -0.130. The van der Waals surface area contributed by atoms with Crippen molar-refractivity contribution in [2.45, 2.75) is 51.0 Å². The highest BCUT2D eigenvalue weighted by Gasteiger charge is 2.46. The number of halogens is 1. The Morgan fingerprint density at radius 1 is 1.00 bits per heavy atom. The van der Waals surface area contributed by atoms with E-state index in [1.807, 2.05) is 12.1 Å². The summed E-state index contributed by atoms with van der Waals surface area (Å²) < 4.78 is 5.27. The molecule has 3 aliphatic heterocycles. The predicted octanol–water partition coefficient (Wildman–Crippen LogP) is 4.97. The van der Waals surface area contributed by atoms with Gasteiger partial charge in [-0.25, -0.2) is 0 Å². The van der Waals surface area contributed by atoms with Gasteiger partial charge in [0.15, 0.2) is 0 Å². The summed E-state index contributed by atoms with van der Waals surface area (Å²) in [4.78, 5) is 32.8. The molecule has 0 radical (unpaired) electrons. The first kappa shape index (κ1) is 28.0. The van der Waals surface area contributed by atoms with Crippen molar-refractivity contribution in [3.63, 3.8) is 0 Å². The van der Waals surface area contributed by atoms with Gasteiger partial charge in [0, 0.05) is 51.5 Å². The van der Waals surface area contributed by atoms with E-state index in [1.54, 1.807) is 7.11 Å². The fourth-order valence-electron chi connectivity index (χ4n) is 6.99. The number of carbonyl (C=O) groups excluding carboxylic acids is 2. The number of benzene rings is 2. The summed E-state index contributed by atoms with van der Waals surface area (Å²) in [6.45, 7) is 6.39. The number of hydrogen-bond acceptors (Lipinski definition) is 4. The van der Waals surface area contributed by atoms with Crippen molar-refractivity contribution in [3.8, 4) is 5.75 Å². The Kier molecular flexibility index (Phi) is 8.53. The topological polar surface area (TPSA) is 53.1 Å². The second-order valence-electron chi connectivity index (χ2n) is 12.3. The van der Waals surface area contributed by atoms with Gasteiger partial charge in [0.05, 0.1) is 7.11 Å². The standard InChI is InChI=1S/C32H41N3O3.ClH/c1-38-28-11-9-25(10-12-28)19-35-23-32(18-31(35)37)13-15-33(16-14-32)20-27-21-34(30(36)17-24-7-8-24)22-29(27)26-5-3-2-4-6-26;/h2-6,9-12,24,27,29H,7-8,13-23H2,1H3;1H. The van der Waals surface area contributed by atoms with Crippen molar-refractivity contribution in [3.05, 3.63) is 65.7 Å². The predicted molar refractivity (Wildman–Crippen MR) is 155 cm³/mol. The molecule has 1 spiro atoms. The smallest absolute Gasteiger partial charge is 0.223 e. The molecule has 6 nitrogen and oxygen atoms in total. The van der Waals surface area contributed by atoms with Crippen LogP contribution < -0.4 is 4.74 Å². The molecule has 3 saturated heterocycles. The molecule has 1 aliphatic carbocycles. The number of carbonyl (C=O) groups is 2. The zero-order valence-electron chi connectivity index (χ0n) is 23.1. The lowest BCUT2D eigenvalue weighted by atomic mass is 9.77. The molecule has 2 amide bonds. The maximum Gasteiger partial charge on any atom is 0.223 e. The molecule has 7 heteroatoms. The molecule has 2 aromatic carbocycles. The number of rotatable bonds is 8. The molecule has 6 rings (SSSR count). The van der Waals surface area contributed by atoms with Gasteiger partial charge >= 0.3 is 0 Å². The molecule has 2 atom stereocenters. The van der Waals surface area contributed by atoms with Gasteiger partial charge in [-0.1, -0.05) is 42.5 Å². The maximum atomic E-state index is 13.0. The molecule has 0 N–H and O–H groups in total. The molecule has 39 heavy (non-hydrogen) atoms. The summed E-state index contributed by atoms with van der Waals surface area (Å²) in [5, 5.41) is 0. The Labute approximate surface area is 239 Å². The summed E-state index contributed by atoms with van der Waals surface area (Å²) in [7, 11) is 1.67.